The summed E-state index contributed by atoms with van der Waals surface area (Å²) in [7, 11) is 0. The average Bonchev–Trinajstić information content (AvgIpc) is 3.55. The van der Waals surface area contributed by atoms with Crippen LogP contribution in [0.15, 0.2) is 30.5 Å². The van der Waals surface area contributed by atoms with Crippen molar-refractivity contribution >= 4 is 11.3 Å². The topological polar surface area (TPSA) is 41.6 Å². The van der Waals surface area contributed by atoms with E-state index in [-0.39, 0.29) is 5.69 Å². The van der Waals surface area contributed by atoms with Gasteiger partial charge in [0.15, 0.2) is 0 Å². The molecule has 0 amide bonds. The van der Waals surface area contributed by atoms with Gasteiger partial charge in [-0.25, -0.2) is 0 Å². The Kier molecular flexibility index (Phi) is 12.4. The molecule has 0 aliphatic heterocycles. The van der Waals surface area contributed by atoms with E-state index in [0.29, 0.717) is 11.3 Å². The second-order valence-electron chi connectivity index (χ2n) is 9.95. The third-order valence-electron chi connectivity index (χ3n) is 6.66. The number of nitrogens with zero attached hydrogens (tertiary/aromatic N) is 2. The van der Waals surface area contributed by atoms with Crippen molar-refractivity contribution in [3.8, 4) is 23.2 Å². The van der Waals surface area contributed by atoms with Gasteiger partial charge in [-0.3, -0.25) is 10.1 Å². The quantitative estimate of drug-likeness (QED) is 0.153. The van der Waals surface area contributed by atoms with Crippen LogP contribution in [-0.4, -0.2) is 15.2 Å². The predicted octanol–water partition coefficient (Wildman–Crippen LogP) is 9.76. The fraction of sp³-hybridized carbons (Fsp3) is 0.548. The molecule has 3 rings (SSSR count). The van der Waals surface area contributed by atoms with Crippen molar-refractivity contribution in [1.82, 2.24) is 15.2 Å². The molecule has 3 nitrogen and oxygen atoms in total. The van der Waals surface area contributed by atoms with Gasteiger partial charge in [0.25, 0.3) is 0 Å². The summed E-state index contributed by atoms with van der Waals surface area (Å²) in [5.41, 5.74) is 1.67. The van der Waals surface area contributed by atoms with Crippen LogP contribution >= 0.6 is 11.3 Å². The van der Waals surface area contributed by atoms with Gasteiger partial charge >= 0.3 is 6.18 Å². The van der Waals surface area contributed by atoms with Crippen molar-refractivity contribution in [3.05, 3.63) is 57.0 Å². The first-order chi connectivity index (χ1) is 18.4. The van der Waals surface area contributed by atoms with Crippen molar-refractivity contribution in [2.45, 2.75) is 110 Å². The smallest absolute Gasteiger partial charge is 0.273 e. The van der Waals surface area contributed by atoms with Gasteiger partial charge in [-0.05, 0) is 55.5 Å². The van der Waals surface area contributed by atoms with Crippen LogP contribution in [0.2, 0.25) is 0 Å². The number of thiophene rings is 1. The highest BCUT2D eigenvalue weighted by atomic mass is 32.1. The van der Waals surface area contributed by atoms with Crippen molar-refractivity contribution in [2.75, 3.05) is 0 Å². The van der Waals surface area contributed by atoms with Gasteiger partial charge in [-0.15, -0.1) is 11.3 Å². The number of nitrogens with one attached hydrogen (secondary N) is 1. The van der Waals surface area contributed by atoms with Gasteiger partial charge in [-0.2, -0.15) is 18.3 Å². The fourth-order valence-electron chi connectivity index (χ4n) is 4.45. The molecular weight excluding hydrogens is 503 g/mol. The van der Waals surface area contributed by atoms with E-state index in [0.717, 1.165) is 23.8 Å². The number of hydrogen-bond donors (Lipinski definition) is 1. The molecule has 0 bridgehead atoms. The minimum absolute atomic E-state index is 0.155. The molecule has 3 heterocycles. The minimum atomic E-state index is -4.47. The average molecular weight is 544 g/mol. The summed E-state index contributed by atoms with van der Waals surface area (Å²) in [6.45, 7) is 4.48. The van der Waals surface area contributed by atoms with Crippen LogP contribution in [-0.2, 0) is 19.0 Å². The highest BCUT2D eigenvalue weighted by Crippen LogP contribution is 2.30. The van der Waals surface area contributed by atoms with Gasteiger partial charge < -0.3 is 0 Å². The molecule has 0 saturated heterocycles. The van der Waals surface area contributed by atoms with E-state index < -0.39 is 11.9 Å². The van der Waals surface area contributed by atoms with Crippen molar-refractivity contribution in [1.29, 1.82) is 0 Å². The molecule has 0 radical (unpaired) electrons. The SMILES string of the molecule is CCCCCCCCc1cc(CCCCCCCC)c(C#Cc2ccnc(-c3cc(C(F)(F)F)[nH]n3)c2)s1. The van der Waals surface area contributed by atoms with E-state index in [1.54, 1.807) is 29.7 Å². The molecule has 0 aromatic carbocycles. The Labute approximate surface area is 229 Å². The van der Waals surface area contributed by atoms with E-state index in [4.69, 9.17) is 0 Å². The third kappa shape index (κ3) is 9.94. The van der Waals surface area contributed by atoms with Crippen LogP contribution < -0.4 is 0 Å². The van der Waals surface area contributed by atoms with Crippen molar-refractivity contribution < 1.29 is 13.2 Å². The van der Waals surface area contributed by atoms with E-state index in [1.807, 2.05) is 5.10 Å². The summed E-state index contributed by atoms with van der Waals surface area (Å²) < 4.78 is 38.8. The van der Waals surface area contributed by atoms with Crippen LogP contribution in [0.5, 0.6) is 0 Å². The second-order valence-corrected chi connectivity index (χ2v) is 11.1. The third-order valence-corrected chi connectivity index (χ3v) is 7.81. The molecular formula is C31H40F3N3S. The first-order valence-corrected chi connectivity index (χ1v) is 14.9. The molecule has 38 heavy (non-hydrogen) atoms. The summed E-state index contributed by atoms with van der Waals surface area (Å²) in [5, 5.41) is 5.84. The molecule has 3 aromatic heterocycles. The van der Waals surface area contributed by atoms with Gasteiger partial charge in [0.05, 0.1) is 10.6 Å². The Hall–Kier alpha value is -2.59. The maximum Gasteiger partial charge on any atom is 0.432 e. The summed E-state index contributed by atoms with van der Waals surface area (Å²) in [6.07, 6.45) is 14.5. The molecule has 206 valence electrons. The molecule has 0 aliphatic rings. The van der Waals surface area contributed by atoms with E-state index in [9.17, 15) is 13.2 Å². The number of H-pyrrole nitrogens is 1. The van der Waals surface area contributed by atoms with Crippen LogP contribution in [0.25, 0.3) is 11.4 Å². The van der Waals surface area contributed by atoms with Crippen molar-refractivity contribution in [3.63, 3.8) is 0 Å². The van der Waals surface area contributed by atoms with Gasteiger partial charge in [0, 0.05) is 16.6 Å². The predicted molar refractivity (Wildman–Crippen MR) is 151 cm³/mol. The summed E-state index contributed by atoms with van der Waals surface area (Å²) in [4.78, 5) is 6.71. The summed E-state index contributed by atoms with van der Waals surface area (Å²) in [6, 6.07) is 6.81. The zero-order valence-electron chi connectivity index (χ0n) is 22.7. The van der Waals surface area contributed by atoms with Gasteiger partial charge in [0.1, 0.15) is 11.4 Å². The normalized spacial score (nSPS) is 11.5. The monoisotopic (exact) mass is 543 g/mol. The van der Waals surface area contributed by atoms with E-state index in [2.05, 4.69) is 41.8 Å². The number of pyridine rings is 1. The van der Waals surface area contributed by atoms with Crippen LogP contribution in [0.1, 0.15) is 117 Å². The Balaban J connectivity index is 1.70. The molecule has 1 N–H and O–H groups in total. The number of aromatic amines is 1. The lowest BCUT2D eigenvalue weighted by molar-refractivity contribution is -0.141. The van der Waals surface area contributed by atoms with Gasteiger partial charge in [0.2, 0.25) is 0 Å². The maximum atomic E-state index is 12.9. The lowest BCUT2D eigenvalue weighted by Crippen LogP contribution is -2.04. The largest absolute Gasteiger partial charge is 0.432 e. The first kappa shape index (κ1) is 30.0. The standard InChI is InChI=1S/C31H40F3N3S/c1-3-5-7-9-11-13-15-25-22-26(16-14-12-10-8-6-4-2)38-29(25)18-17-24-19-20-35-27(21-24)28-23-30(37-36-28)31(32,33)34/h19-23H,3-16H2,1-2H3,(H,36,37). The lowest BCUT2D eigenvalue weighted by Gasteiger charge is -2.01. The molecule has 0 spiro atoms. The van der Waals surface area contributed by atoms with E-state index in [1.165, 1.54) is 87.5 Å². The van der Waals surface area contributed by atoms with Crippen LogP contribution in [0.4, 0.5) is 13.2 Å². The van der Waals surface area contributed by atoms with Crippen LogP contribution in [0.3, 0.4) is 0 Å². The zero-order valence-corrected chi connectivity index (χ0v) is 23.5. The number of aromatic nitrogens is 3. The Morgan fingerprint density at radius 2 is 1.45 bits per heavy atom. The number of halogens is 3. The van der Waals surface area contributed by atoms with Crippen LogP contribution in [0, 0.1) is 11.8 Å². The Bertz CT molecular complexity index is 1170. The molecule has 0 atom stereocenters. The number of aryl methyl sites for hydroxylation is 2. The van der Waals surface area contributed by atoms with Gasteiger partial charge in [-0.1, -0.05) is 89.9 Å². The van der Waals surface area contributed by atoms with E-state index >= 15 is 0 Å². The molecule has 3 aromatic rings. The summed E-state index contributed by atoms with van der Waals surface area (Å²) >= 11 is 1.79. The minimum Gasteiger partial charge on any atom is -0.273 e. The zero-order chi connectivity index (χ0) is 27.2. The Morgan fingerprint density at radius 3 is 2.11 bits per heavy atom. The number of hydrogen-bond acceptors (Lipinski definition) is 3. The molecule has 0 fully saturated rings. The van der Waals surface area contributed by atoms with Crippen molar-refractivity contribution in [2.24, 2.45) is 0 Å². The number of unbranched alkanes of at least 4 members (excludes halogenated alkanes) is 10. The lowest BCUT2D eigenvalue weighted by atomic mass is 10.0. The number of alkyl halides is 3. The molecule has 7 heteroatoms. The second kappa shape index (κ2) is 15.7. The highest BCUT2D eigenvalue weighted by Gasteiger charge is 2.33. The molecule has 0 aliphatic carbocycles. The maximum absolute atomic E-state index is 12.9. The molecule has 0 saturated carbocycles. The number of rotatable bonds is 15. The first-order valence-electron chi connectivity index (χ1n) is 14.1. The Morgan fingerprint density at radius 1 is 0.789 bits per heavy atom. The summed E-state index contributed by atoms with van der Waals surface area (Å²) in [5.74, 6) is 6.60. The molecule has 0 unspecified atom stereocenters. The fourth-order valence-corrected chi connectivity index (χ4v) is 5.56. The highest BCUT2D eigenvalue weighted by molar-refractivity contribution is 7.12.